The van der Waals surface area contributed by atoms with Crippen LogP contribution in [0.25, 0.3) is 11.0 Å². The van der Waals surface area contributed by atoms with Crippen molar-refractivity contribution in [2.45, 2.75) is 6.10 Å². The second kappa shape index (κ2) is 4.88. The Kier molecular flexibility index (Phi) is 3.19. The van der Waals surface area contributed by atoms with E-state index < -0.39 is 11.9 Å². The molecule has 3 N–H and O–H groups in total. The van der Waals surface area contributed by atoms with Crippen molar-refractivity contribution in [2.75, 3.05) is 0 Å². The molecule has 20 heavy (non-hydrogen) atoms. The summed E-state index contributed by atoms with van der Waals surface area (Å²) in [7, 11) is 0. The molecule has 1 unspecified atom stereocenters. The molecule has 0 saturated heterocycles. The second-order valence-electron chi connectivity index (χ2n) is 4.43. The smallest absolute Gasteiger partial charge is 0.323 e. The fourth-order valence-corrected chi connectivity index (χ4v) is 2.51. The van der Waals surface area contributed by atoms with Crippen LogP contribution < -0.4 is 5.69 Å². The highest BCUT2D eigenvalue weighted by Gasteiger charge is 2.17. The number of aromatic amines is 2. The molecule has 0 saturated carbocycles. The Morgan fingerprint density at radius 2 is 1.90 bits per heavy atom. The number of aliphatic hydroxyl groups is 1. The number of aromatic nitrogens is 2. The SMILES string of the molecule is O=c1[nH]c2ccc(C(O)c3cccc(Br)c3F)cc2[nH]1. The van der Waals surface area contributed by atoms with Crippen molar-refractivity contribution in [2.24, 2.45) is 0 Å². The predicted octanol–water partition coefficient (Wildman–Crippen LogP) is 2.84. The zero-order valence-corrected chi connectivity index (χ0v) is 11.7. The van der Waals surface area contributed by atoms with Crippen LogP contribution in [0.15, 0.2) is 45.7 Å². The van der Waals surface area contributed by atoms with Gasteiger partial charge in [0.25, 0.3) is 0 Å². The third-order valence-corrected chi connectivity index (χ3v) is 3.74. The topological polar surface area (TPSA) is 68.9 Å². The van der Waals surface area contributed by atoms with Gasteiger partial charge in [-0.05, 0) is 39.7 Å². The number of hydrogen-bond acceptors (Lipinski definition) is 2. The van der Waals surface area contributed by atoms with Gasteiger partial charge in [0.15, 0.2) is 0 Å². The normalized spacial score (nSPS) is 12.8. The van der Waals surface area contributed by atoms with Gasteiger partial charge in [0, 0.05) is 5.56 Å². The monoisotopic (exact) mass is 336 g/mol. The summed E-state index contributed by atoms with van der Waals surface area (Å²) in [6.45, 7) is 0. The van der Waals surface area contributed by atoms with E-state index in [9.17, 15) is 14.3 Å². The Hall–Kier alpha value is -1.92. The van der Waals surface area contributed by atoms with Crippen LogP contribution in [0.5, 0.6) is 0 Å². The summed E-state index contributed by atoms with van der Waals surface area (Å²) in [5.41, 5.74) is 1.57. The van der Waals surface area contributed by atoms with Gasteiger partial charge < -0.3 is 15.1 Å². The Labute approximate surface area is 121 Å². The van der Waals surface area contributed by atoms with Crippen molar-refractivity contribution in [3.05, 3.63) is 68.3 Å². The first kappa shape index (κ1) is 13.1. The first-order valence-corrected chi connectivity index (χ1v) is 6.69. The largest absolute Gasteiger partial charge is 0.384 e. The molecule has 6 heteroatoms. The summed E-state index contributed by atoms with van der Waals surface area (Å²) >= 11 is 3.09. The summed E-state index contributed by atoms with van der Waals surface area (Å²) in [6, 6.07) is 9.69. The fraction of sp³-hybridized carbons (Fsp3) is 0.0714. The average Bonchev–Trinajstić information content (AvgIpc) is 2.80. The van der Waals surface area contributed by atoms with E-state index >= 15 is 0 Å². The van der Waals surface area contributed by atoms with Crippen LogP contribution in [0.1, 0.15) is 17.2 Å². The molecular weight excluding hydrogens is 327 g/mol. The molecule has 0 bridgehead atoms. The lowest BCUT2D eigenvalue weighted by atomic mass is 10.0. The molecule has 3 rings (SSSR count). The number of aliphatic hydroxyl groups excluding tert-OH is 1. The van der Waals surface area contributed by atoms with Gasteiger partial charge in [-0.25, -0.2) is 9.18 Å². The number of fused-ring (bicyclic) bond motifs is 1. The van der Waals surface area contributed by atoms with Crippen molar-refractivity contribution in [1.82, 2.24) is 9.97 Å². The minimum atomic E-state index is -1.10. The Morgan fingerprint density at radius 3 is 2.70 bits per heavy atom. The van der Waals surface area contributed by atoms with E-state index in [0.29, 0.717) is 21.1 Å². The molecule has 102 valence electrons. The quantitative estimate of drug-likeness (QED) is 0.673. The minimum Gasteiger partial charge on any atom is -0.384 e. The lowest BCUT2D eigenvalue weighted by Crippen LogP contribution is -2.03. The van der Waals surface area contributed by atoms with E-state index in [-0.39, 0.29) is 11.3 Å². The summed E-state index contributed by atoms with van der Waals surface area (Å²) in [6.07, 6.45) is -1.10. The molecule has 0 aliphatic carbocycles. The zero-order valence-electron chi connectivity index (χ0n) is 10.2. The van der Waals surface area contributed by atoms with Crippen LogP contribution in [-0.4, -0.2) is 15.1 Å². The maximum atomic E-state index is 14.0. The van der Waals surface area contributed by atoms with Crippen LogP contribution in [0.2, 0.25) is 0 Å². The molecule has 1 atom stereocenters. The second-order valence-corrected chi connectivity index (χ2v) is 5.28. The molecule has 0 aliphatic rings. The summed E-state index contributed by atoms with van der Waals surface area (Å²) < 4.78 is 14.3. The van der Waals surface area contributed by atoms with Crippen molar-refractivity contribution < 1.29 is 9.50 Å². The van der Waals surface area contributed by atoms with Crippen molar-refractivity contribution in [3.63, 3.8) is 0 Å². The van der Waals surface area contributed by atoms with E-state index in [0.717, 1.165) is 0 Å². The number of hydrogen-bond donors (Lipinski definition) is 3. The molecule has 1 heterocycles. The van der Waals surface area contributed by atoms with Gasteiger partial charge in [0.1, 0.15) is 11.9 Å². The number of H-pyrrole nitrogens is 2. The van der Waals surface area contributed by atoms with Crippen LogP contribution in [0.4, 0.5) is 4.39 Å². The van der Waals surface area contributed by atoms with Crippen molar-refractivity contribution >= 4 is 27.0 Å². The predicted molar refractivity (Wildman–Crippen MR) is 77.1 cm³/mol. The third kappa shape index (κ3) is 2.17. The van der Waals surface area contributed by atoms with E-state index in [1.54, 1.807) is 30.3 Å². The highest BCUT2D eigenvalue weighted by Crippen LogP contribution is 2.29. The molecule has 3 aromatic rings. The summed E-state index contributed by atoms with van der Waals surface area (Å²) in [5, 5.41) is 10.3. The highest BCUT2D eigenvalue weighted by molar-refractivity contribution is 9.10. The molecular formula is C14H10BrFN2O2. The third-order valence-electron chi connectivity index (χ3n) is 3.13. The minimum absolute atomic E-state index is 0.177. The van der Waals surface area contributed by atoms with E-state index in [1.807, 2.05) is 0 Å². The lowest BCUT2D eigenvalue weighted by molar-refractivity contribution is 0.215. The molecule has 0 amide bonds. The molecule has 1 aromatic heterocycles. The highest BCUT2D eigenvalue weighted by atomic mass is 79.9. The standard InChI is InChI=1S/C14H10BrFN2O2/c15-9-3-1-2-8(12(9)16)13(19)7-4-5-10-11(6-7)18-14(20)17-10/h1-6,13,19H,(H2,17,18,20). The lowest BCUT2D eigenvalue weighted by Gasteiger charge is -2.13. The van der Waals surface area contributed by atoms with Gasteiger partial charge in [0.2, 0.25) is 0 Å². The van der Waals surface area contributed by atoms with E-state index in [1.165, 1.54) is 6.07 Å². The average molecular weight is 337 g/mol. The summed E-state index contributed by atoms with van der Waals surface area (Å²) in [4.78, 5) is 16.4. The molecule has 4 nitrogen and oxygen atoms in total. The molecule has 0 radical (unpaired) electrons. The van der Waals surface area contributed by atoms with Crippen LogP contribution >= 0.6 is 15.9 Å². The molecule has 0 spiro atoms. The number of nitrogens with one attached hydrogen (secondary N) is 2. The fourth-order valence-electron chi connectivity index (χ4n) is 2.13. The van der Waals surface area contributed by atoms with Crippen LogP contribution in [-0.2, 0) is 0 Å². The maximum absolute atomic E-state index is 14.0. The number of rotatable bonds is 2. The first-order valence-electron chi connectivity index (χ1n) is 5.90. The van der Waals surface area contributed by atoms with Gasteiger partial charge in [0.05, 0.1) is 15.5 Å². The van der Waals surface area contributed by atoms with Crippen molar-refractivity contribution in [1.29, 1.82) is 0 Å². The van der Waals surface area contributed by atoms with E-state index in [2.05, 4.69) is 25.9 Å². The number of imidazole rings is 1. The van der Waals surface area contributed by atoms with Gasteiger partial charge in [-0.3, -0.25) is 0 Å². The Bertz CT molecular complexity index is 841. The molecule has 2 aromatic carbocycles. The Balaban J connectivity index is 2.09. The van der Waals surface area contributed by atoms with Crippen LogP contribution in [0.3, 0.4) is 0 Å². The van der Waals surface area contributed by atoms with Crippen LogP contribution in [0, 0.1) is 5.82 Å². The first-order chi connectivity index (χ1) is 9.56. The van der Waals surface area contributed by atoms with Crippen molar-refractivity contribution in [3.8, 4) is 0 Å². The van der Waals surface area contributed by atoms with Gasteiger partial charge >= 0.3 is 5.69 Å². The van der Waals surface area contributed by atoms with Gasteiger partial charge in [-0.15, -0.1) is 0 Å². The molecule has 0 fully saturated rings. The van der Waals surface area contributed by atoms with Gasteiger partial charge in [-0.1, -0.05) is 18.2 Å². The zero-order chi connectivity index (χ0) is 14.3. The number of benzene rings is 2. The number of halogens is 2. The van der Waals surface area contributed by atoms with Gasteiger partial charge in [-0.2, -0.15) is 0 Å². The summed E-state index contributed by atoms with van der Waals surface area (Å²) in [5.74, 6) is -0.498. The molecule has 0 aliphatic heterocycles. The Morgan fingerprint density at radius 1 is 1.15 bits per heavy atom. The maximum Gasteiger partial charge on any atom is 0.323 e. The van der Waals surface area contributed by atoms with E-state index in [4.69, 9.17) is 0 Å².